The molecule has 0 saturated heterocycles. The predicted octanol–water partition coefficient (Wildman–Crippen LogP) is 1.52. The number of benzene rings is 1. The third-order valence-electron chi connectivity index (χ3n) is 2.75. The summed E-state index contributed by atoms with van der Waals surface area (Å²) < 4.78 is 31.1. The van der Waals surface area contributed by atoms with Crippen molar-refractivity contribution in [2.75, 3.05) is 26.8 Å². The van der Waals surface area contributed by atoms with Gasteiger partial charge in [0.05, 0.1) is 23.1 Å². The van der Waals surface area contributed by atoms with E-state index < -0.39 is 10.0 Å². The second-order valence-corrected chi connectivity index (χ2v) is 6.13. The van der Waals surface area contributed by atoms with Gasteiger partial charge in [-0.05, 0) is 37.6 Å². The zero-order valence-electron chi connectivity index (χ0n) is 11.4. The lowest BCUT2D eigenvalue weighted by Crippen LogP contribution is -2.30. The fraction of sp³-hybridized carbons (Fsp3) is 0.462. The second kappa shape index (κ2) is 6.66. The van der Waals surface area contributed by atoms with E-state index in [1.54, 1.807) is 13.0 Å². The molecule has 0 aliphatic rings. The van der Waals surface area contributed by atoms with Crippen molar-refractivity contribution in [3.63, 3.8) is 0 Å². The number of sulfonamides is 1. The SMILES string of the molecule is CCOCCN(C)S(=O)(=O)c1ccc(C#N)cc1C. The largest absolute Gasteiger partial charge is 0.380 e. The van der Waals surface area contributed by atoms with Gasteiger partial charge in [-0.1, -0.05) is 0 Å². The quantitative estimate of drug-likeness (QED) is 0.742. The first kappa shape index (κ1) is 15.6. The maximum Gasteiger partial charge on any atom is 0.243 e. The van der Waals surface area contributed by atoms with E-state index in [4.69, 9.17) is 10.00 Å². The van der Waals surface area contributed by atoms with Crippen LogP contribution in [-0.4, -0.2) is 39.5 Å². The minimum absolute atomic E-state index is 0.227. The molecule has 1 aromatic rings. The first-order valence-electron chi connectivity index (χ1n) is 5.98. The predicted molar refractivity (Wildman–Crippen MR) is 72.2 cm³/mol. The Morgan fingerprint density at radius 1 is 1.42 bits per heavy atom. The van der Waals surface area contributed by atoms with E-state index in [9.17, 15) is 8.42 Å². The van der Waals surface area contributed by atoms with Crippen LogP contribution in [0.4, 0.5) is 0 Å². The molecule has 0 saturated carbocycles. The highest BCUT2D eigenvalue weighted by atomic mass is 32.2. The van der Waals surface area contributed by atoms with Crippen molar-refractivity contribution in [1.82, 2.24) is 4.31 Å². The van der Waals surface area contributed by atoms with Crippen molar-refractivity contribution in [1.29, 1.82) is 5.26 Å². The van der Waals surface area contributed by atoms with E-state index in [1.807, 2.05) is 13.0 Å². The summed E-state index contributed by atoms with van der Waals surface area (Å²) in [5, 5.41) is 8.78. The average molecular weight is 282 g/mol. The van der Waals surface area contributed by atoms with Gasteiger partial charge in [0.15, 0.2) is 0 Å². The molecule has 104 valence electrons. The van der Waals surface area contributed by atoms with Gasteiger partial charge in [0.25, 0.3) is 0 Å². The number of hydrogen-bond acceptors (Lipinski definition) is 4. The third-order valence-corrected chi connectivity index (χ3v) is 4.76. The number of nitrogens with zero attached hydrogens (tertiary/aromatic N) is 2. The summed E-state index contributed by atoms with van der Waals surface area (Å²) in [7, 11) is -2.01. The maximum atomic E-state index is 12.3. The monoisotopic (exact) mass is 282 g/mol. The molecule has 1 rings (SSSR count). The molecule has 0 amide bonds. The molecule has 0 N–H and O–H groups in total. The first-order chi connectivity index (χ1) is 8.93. The van der Waals surface area contributed by atoms with E-state index in [2.05, 4.69) is 0 Å². The fourth-order valence-corrected chi connectivity index (χ4v) is 2.99. The summed E-state index contributed by atoms with van der Waals surface area (Å²) in [6, 6.07) is 6.54. The van der Waals surface area contributed by atoms with Gasteiger partial charge in [-0.15, -0.1) is 0 Å². The minimum Gasteiger partial charge on any atom is -0.380 e. The standard InChI is InChI=1S/C13H18N2O3S/c1-4-18-8-7-15(3)19(16,17)13-6-5-12(10-14)9-11(13)2/h5-6,9H,4,7-8H2,1-3H3. The molecule has 1 aromatic carbocycles. The zero-order valence-corrected chi connectivity index (χ0v) is 12.2. The number of nitriles is 1. The average Bonchev–Trinajstić information content (AvgIpc) is 2.38. The maximum absolute atomic E-state index is 12.3. The Morgan fingerprint density at radius 2 is 2.11 bits per heavy atom. The Hall–Kier alpha value is -1.42. The summed E-state index contributed by atoms with van der Waals surface area (Å²) in [6.07, 6.45) is 0. The van der Waals surface area contributed by atoms with E-state index >= 15 is 0 Å². The molecule has 0 aliphatic heterocycles. The smallest absolute Gasteiger partial charge is 0.243 e. The van der Waals surface area contributed by atoms with Gasteiger partial charge in [-0.3, -0.25) is 0 Å². The van der Waals surface area contributed by atoms with Crippen LogP contribution in [-0.2, 0) is 14.8 Å². The lowest BCUT2D eigenvalue weighted by Gasteiger charge is -2.18. The van der Waals surface area contributed by atoms with Gasteiger partial charge in [-0.25, -0.2) is 8.42 Å². The number of likely N-dealkylation sites (N-methyl/N-ethyl adjacent to an activating group) is 1. The van der Waals surface area contributed by atoms with Gasteiger partial charge < -0.3 is 4.74 Å². The molecule has 0 radical (unpaired) electrons. The second-order valence-electron chi connectivity index (χ2n) is 4.12. The number of rotatable bonds is 6. The van der Waals surface area contributed by atoms with Gasteiger partial charge in [0.1, 0.15) is 0 Å². The lowest BCUT2D eigenvalue weighted by molar-refractivity contribution is 0.138. The molecule has 19 heavy (non-hydrogen) atoms. The number of hydrogen-bond donors (Lipinski definition) is 0. The Labute approximate surface area is 114 Å². The van der Waals surface area contributed by atoms with Crippen molar-refractivity contribution in [2.24, 2.45) is 0 Å². The van der Waals surface area contributed by atoms with E-state index in [-0.39, 0.29) is 4.90 Å². The molecule has 5 nitrogen and oxygen atoms in total. The van der Waals surface area contributed by atoms with Crippen molar-refractivity contribution < 1.29 is 13.2 Å². The molecule has 0 atom stereocenters. The van der Waals surface area contributed by atoms with Crippen LogP contribution in [0.15, 0.2) is 23.1 Å². The van der Waals surface area contributed by atoms with Gasteiger partial charge in [0, 0.05) is 20.2 Å². The van der Waals surface area contributed by atoms with Crippen LogP contribution in [0.25, 0.3) is 0 Å². The van der Waals surface area contributed by atoms with E-state index in [0.29, 0.717) is 30.9 Å². The molecule has 6 heteroatoms. The molecule has 0 unspecified atom stereocenters. The summed E-state index contributed by atoms with van der Waals surface area (Å²) in [6.45, 7) is 4.77. The molecule has 0 fully saturated rings. The molecule has 0 aliphatic carbocycles. The highest BCUT2D eigenvalue weighted by Crippen LogP contribution is 2.19. The molecular formula is C13H18N2O3S. The third kappa shape index (κ3) is 3.77. The van der Waals surface area contributed by atoms with Crippen molar-refractivity contribution in [3.8, 4) is 6.07 Å². The van der Waals surface area contributed by atoms with E-state index in [1.165, 1.54) is 23.5 Å². The van der Waals surface area contributed by atoms with Crippen LogP contribution in [0.1, 0.15) is 18.1 Å². The molecule has 0 heterocycles. The highest BCUT2D eigenvalue weighted by Gasteiger charge is 2.22. The zero-order chi connectivity index (χ0) is 14.5. The van der Waals surface area contributed by atoms with Crippen molar-refractivity contribution >= 4 is 10.0 Å². The van der Waals surface area contributed by atoms with Crippen LogP contribution in [0, 0.1) is 18.3 Å². The van der Waals surface area contributed by atoms with Crippen molar-refractivity contribution in [2.45, 2.75) is 18.7 Å². The minimum atomic E-state index is -3.53. The normalized spacial score (nSPS) is 11.5. The topological polar surface area (TPSA) is 70.4 Å². The van der Waals surface area contributed by atoms with Crippen LogP contribution in [0.5, 0.6) is 0 Å². The van der Waals surface area contributed by atoms with E-state index in [0.717, 1.165) is 0 Å². The van der Waals surface area contributed by atoms with Crippen LogP contribution in [0.3, 0.4) is 0 Å². The van der Waals surface area contributed by atoms with Crippen LogP contribution >= 0.6 is 0 Å². The summed E-state index contributed by atoms with van der Waals surface area (Å²) in [5.41, 5.74) is 1.02. The fourth-order valence-electron chi connectivity index (χ4n) is 1.63. The Bertz CT molecular complexity index is 576. The van der Waals surface area contributed by atoms with Crippen LogP contribution in [0.2, 0.25) is 0 Å². The van der Waals surface area contributed by atoms with Gasteiger partial charge in [0.2, 0.25) is 10.0 Å². The Morgan fingerprint density at radius 3 is 2.63 bits per heavy atom. The summed E-state index contributed by atoms with van der Waals surface area (Å²) >= 11 is 0. The van der Waals surface area contributed by atoms with Gasteiger partial charge in [-0.2, -0.15) is 9.57 Å². The Kier molecular flexibility index (Phi) is 5.48. The molecule has 0 spiro atoms. The first-order valence-corrected chi connectivity index (χ1v) is 7.42. The summed E-state index contributed by atoms with van der Waals surface area (Å²) in [5.74, 6) is 0. The molecular weight excluding hydrogens is 264 g/mol. The lowest BCUT2D eigenvalue weighted by atomic mass is 10.2. The highest BCUT2D eigenvalue weighted by molar-refractivity contribution is 7.89. The summed E-state index contributed by atoms with van der Waals surface area (Å²) in [4.78, 5) is 0.227. The molecule has 0 bridgehead atoms. The number of ether oxygens (including phenoxy) is 1. The molecule has 0 aromatic heterocycles. The van der Waals surface area contributed by atoms with Gasteiger partial charge >= 0.3 is 0 Å². The Balaban J connectivity index is 2.97. The van der Waals surface area contributed by atoms with Crippen LogP contribution < -0.4 is 0 Å². The van der Waals surface area contributed by atoms with Crippen molar-refractivity contribution in [3.05, 3.63) is 29.3 Å². The number of aryl methyl sites for hydroxylation is 1.